The zero-order valence-electron chi connectivity index (χ0n) is 18.4. The van der Waals surface area contributed by atoms with Crippen molar-refractivity contribution in [1.82, 2.24) is 5.32 Å². The summed E-state index contributed by atoms with van der Waals surface area (Å²) in [4.78, 5) is 0. The highest BCUT2D eigenvalue weighted by Crippen LogP contribution is 2.48. The molecule has 0 radical (unpaired) electrons. The number of nitrogens with one attached hydrogen (secondary N) is 1. The van der Waals surface area contributed by atoms with Gasteiger partial charge in [0.15, 0.2) is 5.56 Å². The Morgan fingerprint density at radius 3 is 2.07 bits per heavy atom. The van der Waals surface area contributed by atoms with Gasteiger partial charge in [0.1, 0.15) is 0 Å². The second-order valence-electron chi connectivity index (χ2n) is 10.7. The van der Waals surface area contributed by atoms with Crippen LogP contribution < -0.4 is 5.32 Å². The molecule has 0 heterocycles. The molecule has 0 aliphatic heterocycles. The van der Waals surface area contributed by atoms with E-state index in [0.29, 0.717) is 17.6 Å². The predicted octanol–water partition coefficient (Wildman–Crippen LogP) is 6.80. The molecule has 2 nitrogen and oxygen atoms in total. The molecule has 3 saturated carbocycles. The molecule has 0 aromatic heterocycles. The molecule has 1 N–H and O–H groups in total. The van der Waals surface area contributed by atoms with Crippen molar-refractivity contribution in [1.29, 1.82) is 0 Å². The molecule has 158 valence electrons. The molecule has 0 bridgehead atoms. The second kappa shape index (κ2) is 9.85. The summed E-state index contributed by atoms with van der Waals surface area (Å²) in [5.41, 5.74) is 0.419. The van der Waals surface area contributed by atoms with Crippen molar-refractivity contribution in [3.05, 3.63) is 0 Å². The molecule has 0 amide bonds. The molecule has 3 rings (SSSR count). The molecule has 3 aliphatic carbocycles. The maximum atomic E-state index is 6.32. The Balaban J connectivity index is 1.40. The average Bonchev–Trinajstić information content (AvgIpc) is 2.66. The summed E-state index contributed by atoms with van der Waals surface area (Å²) in [7, 11) is 0. The summed E-state index contributed by atoms with van der Waals surface area (Å²) in [5, 5.41) is 3.65. The molecule has 27 heavy (non-hydrogen) atoms. The number of ether oxygens (including phenoxy) is 1. The molecule has 3 unspecified atom stereocenters. The van der Waals surface area contributed by atoms with E-state index in [1.165, 1.54) is 77.0 Å². The first-order valence-electron chi connectivity index (χ1n) is 12.0. The first-order valence-corrected chi connectivity index (χ1v) is 12.5. The van der Waals surface area contributed by atoms with Gasteiger partial charge in [-0.25, -0.2) is 0 Å². The largest absolute Gasteiger partial charge is 0.351 e. The topological polar surface area (TPSA) is 21.3 Å². The minimum atomic E-state index is -0.0940. The van der Waals surface area contributed by atoms with Gasteiger partial charge in [-0.3, -0.25) is 5.32 Å². The molecule has 4 atom stereocenters. The van der Waals surface area contributed by atoms with Crippen LogP contribution >= 0.6 is 12.6 Å². The van der Waals surface area contributed by atoms with Gasteiger partial charge in [-0.05, 0) is 86.9 Å². The Hall–Kier alpha value is 0.270. The molecule has 0 saturated heterocycles. The standard InChI is InChI=1S/C24H45NOS/c1-17-10-13-21(16-18(17)2)25-23(27)26-22-14-11-20(12-15-22)24(3,4)19-8-6-5-7-9-19/h17-23,25,27H,5-16H2,1-4H3/t17?,18?,20?,21?,22?,23-/m0/s1. The van der Waals surface area contributed by atoms with Crippen LogP contribution in [0, 0.1) is 29.1 Å². The molecule has 0 aromatic carbocycles. The van der Waals surface area contributed by atoms with E-state index in [-0.39, 0.29) is 5.56 Å². The Bertz CT molecular complexity index is 440. The lowest BCUT2D eigenvalue weighted by atomic mass is 9.61. The van der Waals surface area contributed by atoms with Gasteiger partial charge >= 0.3 is 0 Å². The van der Waals surface area contributed by atoms with Gasteiger partial charge in [-0.15, -0.1) is 12.6 Å². The van der Waals surface area contributed by atoms with Crippen molar-refractivity contribution in [2.24, 2.45) is 29.1 Å². The second-order valence-corrected chi connectivity index (χ2v) is 11.2. The van der Waals surface area contributed by atoms with Crippen molar-refractivity contribution < 1.29 is 4.74 Å². The fourth-order valence-electron chi connectivity index (χ4n) is 6.24. The van der Waals surface area contributed by atoms with Gasteiger partial charge in [0.25, 0.3) is 0 Å². The van der Waals surface area contributed by atoms with Crippen LogP contribution in [-0.2, 0) is 4.74 Å². The summed E-state index contributed by atoms with van der Waals surface area (Å²) >= 11 is 4.73. The van der Waals surface area contributed by atoms with Crippen LogP contribution in [0.4, 0.5) is 0 Å². The van der Waals surface area contributed by atoms with E-state index in [1.807, 2.05) is 0 Å². The van der Waals surface area contributed by atoms with Gasteiger partial charge in [-0.2, -0.15) is 0 Å². The first-order chi connectivity index (χ1) is 12.9. The lowest BCUT2D eigenvalue weighted by molar-refractivity contribution is -0.0379. The Morgan fingerprint density at radius 2 is 1.44 bits per heavy atom. The maximum Gasteiger partial charge on any atom is 0.154 e. The zero-order valence-corrected chi connectivity index (χ0v) is 19.3. The van der Waals surface area contributed by atoms with E-state index >= 15 is 0 Å². The van der Waals surface area contributed by atoms with Crippen molar-refractivity contribution in [2.45, 2.75) is 122 Å². The van der Waals surface area contributed by atoms with Gasteiger partial charge in [0.05, 0.1) is 6.10 Å². The summed E-state index contributed by atoms with van der Waals surface area (Å²) in [5.74, 6) is 3.51. The van der Waals surface area contributed by atoms with Crippen molar-refractivity contribution in [3.63, 3.8) is 0 Å². The fraction of sp³-hybridized carbons (Fsp3) is 1.00. The van der Waals surface area contributed by atoms with Crippen LogP contribution in [0.2, 0.25) is 0 Å². The van der Waals surface area contributed by atoms with Gasteiger partial charge in [0, 0.05) is 6.04 Å². The third-order valence-electron chi connectivity index (χ3n) is 8.68. The normalized spacial score (nSPS) is 37.9. The Labute approximate surface area is 174 Å². The molecule has 3 aliphatic rings. The zero-order chi connectivity index (χ0) is 19.4. The van der Waals surface area contributed by atoms with E-state index in [1.54, 1.807) is 0 Å². The van der Waals surface area contributed by atoms with E-state index in [2.05, 4.69) is 33.0 Å². The Kier molecular flexibility index (Phi) is 8.01. The van der Waals surface area contributed by atoms with Crippen LogP contribution in [0.5, 0.6) is 0 Å². The van der Waals surface area contributed by atoms with Gasteiger partial charge in [0.2, 0.25) is 0 Å². The third kappa shape index (κ3) is 5.89. The van der Waals surface area contributed by atoms with E-state index in [4.69, 9.17) is 17.4 Å². The smallest absolute Gasteiger partial charge is 0.154 e. The molecule has 3 fully saturated rings. The molecule has 0 aromatic rings. The SMILES string of the molecule is CC1CCC(N[C@H](S)OC2CCC(C(C)(C)C3CCCCC3)CC2)CC1C. The molecular weight excluding hydrogens is 350 g/mol. The van der Waals surface area contributed by atoms with Crippen LogP contribution in [0.15, 0.2) is 0 Å². The van der Waals surface area contributed by atoms with Gasteiger partial charge in [-0.1, -0.05) is 47.0 Å². The van der Waals surface area contributed by atoms with Crippen molar-refractivity contribution in [3.8, 4) is 0 Å². The minimum Gasteiger partial charge on any atom is -0.351 e. The fourth-order valence-corrected chi connectivity index (χ4v) is 6.63. The Morgan fingerprint density at radius 1 is 0.815 bits per heavy atom. The summed E-state index contributed by atoms with van der Waals surface area (Å²) in [6, 6.07) is 0.584. The minimum absolute atomic E-state index is 0.0940. The maximum absolute atomic E-state index is 6.32. The lowest BCUT2D eigenvalue weighted by Gasteiger charge is -2.46. The summed E-state index contributed by atoms with van der Waals surface area (Å²) in [6.45, 7) is 9.90. The summed E-state index contributed by atoms with van der Waals surface area (Å²) in [6.07, 6.45) is 16.7. The molecule has 0 spiro atoms. The first kappa shape index (κ1) is 22.0. The van der Waals surface area contributed by atoms with Crippen LogP contribution in [-0.4, -0.2) is 17.7 Å². The highest BCUT2D eigenvalue weighted by molar-refractivity contribution is 7.80. The van der Waals surface area contributed by atoms with Crippen LogP contribution in [0.25, 0.3) is 0 Å². The van der Waals surface area contributed by atoms with Crippen LogP contribution in [0.3, 0.4) is 0 Å². The average molecular weight is 396 g/mol. The van der Waals surface area contributed by atoms with E-state index in [0.717, 1.165) is 23.7 Å². The number of rotatable bonds is 6. The van der Waals surface area contributed by atoms with Crippen molar-refractivity contribution in [2.75, 3.05) is 0 Å². The van der Waals surface area contributed by atoms with Crippen molar-refractivity contribution >= 4 is 12.6 Å². The third-order valence-corrected chi connectivity index (χ3v) is 8.95. The van der Waals surface area contributed by atoms with E-state index < -0.39 is 0 Å². The van der Waals surface area contributed by atoms with Crippen LogP contribution in [0.1, 0.15) is 105 Å². The highest BCUT2D eigenvalue weighted by Gasteiger charge is 2.39. The predicted molar refractivity (Wildman–Crippen MR) is 119 cm³/mol. The highest BCUT2D eigenvalue weighted by atomic mass is 32.1. The number of hydrogen-bond donors (Lipinski definition) is 2. The monoisotopic (exact) mass is 395 g/mol. The lowest BCUT2D eigenvalue weighted by Crippen LogP contribution is -2.43. The summed E-state index contributed by atoms with van der Waals surface area (Å²) < 4.78 is 6.32. The molecular formula is C24H45NOS. The van der Waals surface area contributed by atoms with Gasteiger partial charge < -0.3 is 4.74 Å². The quantitative estimate of drug-likeness (QED) is 0.381. The van der Waals surface area contributed by atoms with E-state index in [9.17, 15) is 0 Å². The molecule has 3 heteroatoms. The number of thiol groups is 1. The number of hydrogen-bond acceptors (Lipinski definition) is 3.